The summed E-state index contributed by atoms with van der Waals surface area (Å²) in [6, 6.07) is 12.0. The summed E-state index contributed by atoms with van der Waals surface area (Å²) in [4.78, 5) is 14.9. The lowest BCUT2D eigenvalue weighted by molar-refractivity contribution is -0.0567. The molecular weight excluding hydrogens is 589 g/mol. The van der Waals surface area contributed by atoms with Crippen LogP contribution in [0.4, 0.5) is 30.2 Å². The van der Waals surface area contributed by atoms with Gasteiger partial charge in [-0.05, 0) is 85.4 Å². The van der Waals surface area contributed by atoms with Crippen LogP contribution < -0.4 is 20.9 Å². The molecule has 1 heterocycles. The minimum Gasteiger partial charge on any atom is -0.362 e. The molecule has 1 aliphatic carbocycles. The molecule has 2 aromatic rings. The van der Waals surface area contributed by atoms with Crippen LogP contribution in [0.15, 0.2) is 53.7 Å². The van der Waals surface area contributed by atoms with Gasteiger partial charge >= 0.3 is 15.6 Å². The first-order chi connectivity index (χ1) is 19.9. The Kier molecular flexibility index (Phi) is 9.81. The van der Waals surface area contributed by atoms with Crippen molar-refractivity contribution in [3.05, 3.63) is 64.9 Å². The molecule has 2 aliphatic rings. The molecule has 0 fully saturated rings. The summed E-state index contributed by atoms with van der Waals surface area (Å²) in [5, 5.41) is 9.47. The van der Waals surface area contributed by atoms with Gasteiger partial charge in [-0.15, -0.1) is 6.42 Å². The van der Waals surface area contributed by atoms with Crippen molar-refractivity contribution in [1.29, 1.82) is 0 Å². The third-order valence-electron chi connectivity index (χ3n) is 6.95. The number of terminal acetylenes is 1. The maximum absolute atomic E-state index is 13.1. The summed E-state index contributed by atoms with van der Waals surface area (Å²) >= 11 is 5.30. The molecule has 0 bridgehead atoms. The van der Waals surface area contributed by atoms with Crippen molar-refractivity contribution in [2.45, 2.75) is 57.1 Å². The molecule has 2 aromatic carbocycles. The molecule has 224 valence electrons. The fourth-order valence-electron chi connectivity index (χ4n) is 5.00. The average molecular weight is 621 g/mol. The molecule has 0 saturated heterocycles. The molecule has 1 unspecified atom stereocenters. The quantitative estimate of drug-likeness (QED) is 0.108. The lowest BCUT2D eigenvalue weighted by Crippen LogP contribution is -2.38. The van der Waals surface area contributed by atoms with Crippen molar-refractivity contribution in [2.75, 3.05) is 28.6 Å². The molecule has 3 N–H and O–H groups in total. The Bertz CT molecular complexity index is 1530. The Labute approximate surface area is 248 Å². The van der Waals surface area contributed by atoms with Gasteiger partial charge in [0.25, 0.3) is 5.91 Å². The Hall–Kier alpha value is -3.60. The lowest BCUT2D eigenvalue weighted by Gasteiger charge is -2.39. The van der Waals surface area contributed by atoms with Crippen molar-refractivity contribution in [2.24, 2.45) is 0 Å². The Balaban J connectivity index is 1.54. The van der Waals surface area contributed by atoms with Crippen molar-refractivity contribution < 1.29 is 30.6 Å². The van der Waals surface area contributed by atoms with E-state index in [1.165, 1.54) is 0 Å². The van der Waals surface area contributed by atoms with Crippen LogP contribution in [-0.2, 0) is 20.7 Å². The van der Waals surface area contributed by atoms with Gasteiger partial charge in [0, 0.05) is 41.3 Å². The Morgan fingerprint density at radius 1 is 1.19 bits per heavy atom. The highest BCUT2D eigenvalue weighted by atomic mass is 32.2. The minimum absolute atomic E-state index is 0.117. The van der Waals surface area contributed by atoms with Gasteiger partial charge < -0.3 is 20.9 Å². The number of amides is 1. The van der Waals surface area contributed by atoms with Crippen LogP contribution in [-0.4, -0.2) is 44.1 Å². The van der Waals surface area contributed by atoms with Crippen LogP contribution in [0, 0.1) is 12.3 Å². The second kappa shape index (κ2) is 13.1. The second-order valence-electron chi connectivity index (χ2n) is 9.93. The fourth-order valence-corrected chi connectivity index (χ4v) is 5.85. The lowest BCUT2D eigenvalue weighted by atomic mass is 9.84. The van der Waals surface area contributed by atoms with Crippen molar-refractivity contribution in [1.82, 2.24) is 5.32 Å². The normalized spacial score (nSPS) is 16.6. The number of nitrogens with zero attached hydrogens (tertiary/aromatic N) is 1. The number of nitrogens with one attached hydrogen (secondary N) is 3. The predicted octanol–water partition coefficient (Wildman–Crippen LogP) is 5.69. The van der Waals surface area contributed by atoms with Crippen LogP contribution in [0.3, 0.4) is 0 Å². The first kappa shape index (κ1) is 31.3. The number of rotatable bonds is 9. The smallest absolute Gasteiger partial charge is 0.362 e. The van der Waals surface area contributed by atoms with Crippen LogP contribution in [0.5, 0.6) is 0 Å². The van der Waals surface area contributed by atoms with Gasteiger partial charge in [-0.3, -0.25) is 8.98 Å². The maximum atomic E-state index is 13.1. The van der Waals surface area contributed by atoms with E-state index >= 15 is 0 Å². The van der Waals surface area contributed by atoms with Crippen LogP contribution >= 0.6 is 12.2 Å². The zero-order valence-corrected chi connectivity index (χ0v) is 24.5. The molecule has 13 heteroatoms. The number of fused-ring (bicyclic) bond motifs is 1. The highest BCUT2D eigenvalue weighted by Crippen LogP contribution is 2.43. The summed E-state index contributed by atoms with van der Waals surface area (Å²) in [7, 11) is -5.79. The van der Waals surface area contributed by atoms with Gasteiger partial charge in [0.1, 0.15) is 6.10 Å². The SMILES string of the molecule is C#CCN1C2=C(Cc3cc(NC(=O)c4cccc(NC(=S)NCCCC)c4)ccc31)C(OS(=O)(=O)C(F)(F)F)CCC2. The first-order valence-electron chi connectivity index (χ1n) is 13.4. The summed E-state index contributed by atoms with van der Waals surface area (Å²) in [5.41, 5.74) is -1.55. The monoisotopic (exact) mass is 620 g/mol. The molecule has 0 radical (unpaired) electrons. The summed E-state index contributed by atoms with van der Waals surface area (Å²) in [5.74, 6) is 2.18. The molecule has 1 aliphatic heterocycles. The topological polar surface area (TPSA) is 99.8 Å². The predicted molar refractivity (Wildman–Crippen MR) is 161 cm³/mol. The number of carbonyl (C=O) groups is 1. The maximum Gasteiger partial charge on any atom is 0.523 e. The van der Waals surface area contributed by atoms with E-state index in [0.717, 1.165) is 25.1 Å². The van der Waals surface area contributed by atoms with E-state index < -0.39 is 21.7 Å². The highest BCUT2D eigenvalue weighted by molar-refractivity contribution is 7.87. The summed E-state index contributed by atoms with van der Waals surface area (Å²) in [6.45, 7) is 2.95. The van der Waals surface area contributed by atoms with E-state index in [1.54, 1.807) is 47.4 Å². The van der Waals surface area contributed by atoms with Crippen molar-refractivity contribution in [3.63, 3.8) is 0 Å². The van der Waals surface area contributed by atoms with Gasteiger partial charge in [0.05, 0.1) is 6.54 Å². The number of thiocarbonyl (C=S) groups is 1. The number of unbranched alkanes of at least 4 members (excludes halogenated alkanes) is 1. The van der Waals surface area contributed by atoms with E-state index in [9.17, 15) is 26.4 Å². The third kappa shape index (κ3) is 7.24. The molecule has 42 heavy (non-hydrogen) atoms. The van der Waals surface area contributed by atoms with Gasteiger partial charge in [-0.1, -0.05) is 25.3 Å². The summed E-state index contributed by atoms with van der Waals surface area (Å²) < 4.78 is 67.6. The average Bonchev–Trinajstić information content (AvgIpc) is 2.93. The number of halogens is 3. The Morgan fingerprint density at radius 3 is 2.67 bits per heavy atom. The molecule has 0 aromatic heterocycles. The third-order valence-corrected chi connectivity index (χ3v) is 8.25. The Morgan fingerprint density at radius 2 is 1.95 bits per heavy atom. The number of allylic oxidation sites excluding steroid dienone is 1. The van der Waals surface area contributed by atoms with E-state index in [4.69, 9.17) is 22.8 Å². The van der Waals surface area contributed by atoms with Gasteiger partial charge in [0.15, 0.2) is 5.11 Å². The number of hydrogen-bond acceptors (Lipinski definition) is 6. The number of hydrogen-bond donors (Lipinski definition) is 3. The van der Waals surface area contributed by atoms with E-state index in [1.807, 2.05) is 0 Å². The molecule has 1 amide bonds. The fraction of sp³-hybridized carbons (Fsp3) is 0.379. The van der Waals surface area contributed by atoms with Crippen LogP contribution in [0.2, 0.25) is 0 Å². The van der Waals surface area contributed by atoms with Crippen molar-refractivity contribution in [3.8, 4) is 12.3 Å². The number of anilines is 3. The number of benzene rings is 2. The van der Waals surface area contributed by atoms with E-state index in [2.05, 4.69) is 28.8 Å². The number of alkyl halides is 3. The molecule has 0 saturated carbocycles. The molecule has 4 rings (SSSR count). The van der Waals surface area contributed by atoms with Gasteiger partial charge in [-0.25, -0.2) is 0 Å². The molecule has 1 atom stereocenters. The molecular formula is C29H31F3N4O4S2. The molecule has 8 nitrogen and oxygen atoms in total. The summed E-state index contributed by atoms with van der Waals surface area (Å²) in [6.07, 6.45) is 7.56. The van der Waals surface area contributed by atoms with Crippen LogP contribution in [0.25, 0.3) is 0 Å². The first-order valence-corrected chi connectivity index (χ1v) is 15.3. The minimum atomic E-state index is -5.79. The standard InChI is InChI=1S/C29H31F3N4O4S2/c1-3-5-14-33-28(41)35-21-9-6-8-19(16-21)27(37)34-22-12-13-24-20(17-22)18-23-25(36(24)15-4-2)10-7-11-26(23)40-42(38,39)29(30,31)32/h2,6,8-9,12-13,16-17,26H,3,5,7,10-11,14-15,18H2,1H3,(H,34,37)(H2,33,35,41). The van der Waals surface area contributed by atoms with Crippen molar-refractivity contribution >= 4 is 50.4 Å². The highest BCUT2D eigenvalue weighted by Gasteiger charge is 2.49. The van der Waals surface area contributed by atoms with Gasteiger partial charge in [0.2, 0.25) is 0 Å². The zero-order chi connectivity index (χ0) is 30.5. The molecule has 0 spiro atoms. The van der Waals surface area contributed by atoms with E-state index in [0.29, 0.717) is 51.7 Å². The van der Waals surface area contributed by atoms with E-state index in [-0.39, 0.29) is 25.3 Å². The largest absolute Gasteiger partial charge is 0.523 e. The second-order valence-corrected chi connectivity index (χ2v) is 11.9. The van der Waals surface area contributed by atoms with Gasteiger partial charge in [-0.2, -0.15) is 21.6 Å². The zero-order valence-electron chi connectivity index (χ0n) is 22.9. The van der Waals surface area contributed by atoms with Crippen LogP contribution in [0.1, 0.15) is 54.9 Å². The number of carbonyl (C=O) groups excluding carboxylic acids is 1.